The first kappa shape index (κ1) is 21.1. The van der Waals surface area contributed by atoms with Crippen LogP contribution in [0, 0.1) is 23.0 Å². The summed E-state index contributed by atoms with van der Waals surface area (Å²) in [5, 5.41) is 13.2. The largest absolute Gasteiger partial charge is 0.273 e. The first-order valence-corrected chi connectivity index (χ1v) is 10.6. The molecule has 166 valence electrons. The van der Waals surface area contributed by atoms with Crippen molar-refractivity contribution in [3.63, 3.8) is 0 Å². The van der Waals surface area contributed by atoms with Crippen LogP contribution >= 0.6 is 11.6 Å². The Morgan fingerprint density at radius 2 is 1.64 bits per heavy atom. The number of anilines is 2. The number of hydrogen-bond donors (Lipinski definition) is 0. The molecule has 0 aliphatic carbocycles. The number of rotatable bonds is 4. The van der Waals surface area contributed by atoms with Gasteiger partial charge >= 0.3 is 0 Å². The molecule has 2 aliphatic rings. The van der Waals surface area contributed by atoms with Crippen LogP contribution in [0.5, 0.6) is 0 Å². The van der Waals surface area contributed by atoms with E-state index >= 15 is 0 Å². The zero-order valence-corrected chi connectivity index (χ0v) is 18.2. The van der Waals surface area contributed by atoms with Crippen LogP contribution in [-0.2, 0) is 14.4 Å². The lowest BCUT2D eigenvalue weighted by Gasteiger charge is -2.28. The van der Waals surface area contributed by atoms with E-state index in [2.05, 4.69) is 0 Å². The second kappa shape index (κ2) is 7.99. The number of benzene rings is 3. The first-order valence-electron chi connectivity index (χ1n) is 10.3. The molecule has 0 saturated carbocycles. The van der Waals surface area contributed by atoms with Gasteiger partial charge in [-0.3, -0.25) is 24.5 Å². The number of carbonyl (C=O) groups is 2. The fraction of sp³-hybridized carbons (Fsp3) is 0.167. The highest BCUT2D eigenvalue weighted by molar-refractivity contribution is 6.31. The maximum absolute atomic E-state index is 13.5. The van der Waals surface area contributed by atoms with E-state index in [1.54, 1.807) is 36.4 Å². The first-order chi connectivity index (χ1) is 15.8. The zero-order chi connectivity index (χ0) is 23.3. The Bertz CT molecular complexity index is 1260. The third-order valence-corrected chi connectivity index (χ3v) is 6.17. The Balaban J connectivity index is 1.59. The molecular weight excluding hydrogens is 446 g/mol. The Morgan fingerprint density at radius 3 is 2.30 bits per heavy atom. The van der Waals surface area contributed by atoms with E-state index in [1.807, 2.05) is 31.2 Å². The second-order valence-electron chi connectivity index (χ2n) is 8.00. The van der Waals surface area contributed by atoms with Gasteiger partial charge in [-0.25, -0.2) is 9.96 Å². The molecule has 8 nitrogen and oxygen atoms in total. The number of nitro benzene ring substituents is 1. The molecule has 5 rings (SSSR count). The Hall–Kier alpha value is -3.75. The summed E-state index contributed by atoms with van der Waals surface area (Å²) in [6.07, 6.45) is -1.06. The molecule has 0 aromatic heterocycles. The van der Waals surface area contributed by atoms with E-state index in [0.29, 0.717) is 16.4 Å². The van der Waals surface area contributed by atoms with Gasteiger partial charge < -0.3 is 0 Å². The molecule has 33 heavy (non-hydrogen) atoms. The topological polar surface area (TPSA) is 93.0 Å². The summed E-state index contributed by atoms with van der Waals surface area (Å²) in [5.74, 6) is -1.71. The van der Waals surface area contributed by atoms with Gasteiger partial charge in [-0.1, -0.05) is 47.5 Å². The number of imide groups is 1. The number of hydrogen-bond acceptors (Lipinski definition) is 6. The smallest absolute Gasteiger partial charge is 0.271 e. The highest BCUT2D eigenvalue weighted by Gasteiger charge is 2.60. The molecule has 0 bridgehead atoms. The quantitative estimate of drug-likeness (QED) is 0.319. The number of aryl methyl sites for hydroxylation is 1. The molecule has 0 spiro atoms. The standard InChI is InChI=1S/C24H18ClN3O5/c1-14-5-7-15(8-6-14)21-20-22(33-27(21)18-3-2-4-19(13-18)28(31)32)24(30)26(23(20)29)17-11-9-16(25)10-12-17/h2-13,20-22H,1H3/t20-,21-,22-/m0/s1. The number of hydroxylamine groups is 1. The van der Waals surface area contributed by atoms with Gasteiger partial charge in [0.05, 0.1) is 22.3 Å². The molecule has 0 radical (unpaired) electrons. The normalized spacial score (nSPS) is 22.1. The van der Waals surface area contributed by atoms with Crippen molar-refractivity contribution in [3.8, 4) is 0 Å². The number of non-ortho nitro benzene ring substituents is 1. The molecule has 2 heterocycles. The number of nitro groups is 1. The zero-order valence-electron chi connectivity index (χ0n) is 17.4. The molecule has 2 amide bonds. The van der Waals surface area contributed by atoms with E-state index in [1.165, 1.54) is 17.2 Å². The van der Waals surface area contributed by atoms with Gasteiger partial charge in [0.2, 0.25) is 5.91 Å². The predicted octanol–water partition coefficient (Wildman–Crippen LogP) is 4.61. The minimum absolute atomic E-state index is 0.115. The number of halogens is 1. The number of nitrogens with zero attached hydrogens (tertiary/aromatic N) is 3. The lowest BCUT2D eigenvalue weighted by Crippen LogP contribution is -2.37. The number of carbonyl (C=O) groups excluding carboxylic acids is 2. The minimum Gasteiger partial charge on any atom is -0.273 e. The van der Waals surface area contributed by atoms with E-state index in [-0.39, 0.29) is 5.69 Å². The van der Waals surface area contributed by atoms with Gasteiger partial charge in [0.15, 0.2) is 6.10 Å². The molecule has 2 aliphatic heterocycles. The van der Waals surface area contributed by atoms with Crippen LogP contribution in [0.3, 0.4) is 0 Å². The summed E-state index contributed by atoms with van der Waals surface area (Å²) in [6, 6.07) is 19.3. The lowest BCUT2D eigenvalue weighted by atomic mass is 9.90. The number of fused-ring (bicyclic) bond motifs is 1. The third kappa shape index (κ3) is 3.53. The average Bonchev–Trinajstić information content (AvgIpc) is 3.31. The summed E-state index contributed by atoms with van der Waals surface area (Å²) in [4.78, 5) is 44.8. The molecule has 3 atom stereocenters. The summed E-state index contributed by atoms with van der Waals surface area (Å²) < 4.78 is 0. The van der Waals surface area contributed by atoms with E-state index in [0.717, 1.165) is 16.0 Å². The highest BCUT2D eigenvalue weighted by atomic mass is 35.5. The Morgan fingerprint density at radius 1 is 0.939 bits per heavy atom. The van der Waals surface area contributed by atoms with Gasteiger partial charge in [0.25, 0.3) is 11.6 Å². The molecule has 9 heteroatoms. The Kier molecular flexibility index (Phi) is 5.11. The third-order valence-electron chi connectivity index (χ3n) is 5.91. The summed E-state index contributed by atoms with van der Waals surface area (Å²) >= 11 is 5.96. The van der Waals surface area contributed by atoms with Crippen LogP contribution in [0.15, 0.2) is 72.8 Å². The second-order valence-corrected chi connectivity index (χ2v) is 8.43. The predicted molar refractivity (Wildman–Crippen MR) is 122 cm³/mol. The van der Waals surface area contributed by atoms with Crippen molar-refractivity contribution in [3.05, 3.63) is 99.1 Å². The number of amides is 2. The van der Waals surface area contributed by atoms with Gasteiger partial charge in [0, 0.05) is 17.2 Å². The average molecular weight is 464 g/mol. The fourth-order valence-electron chi connectivity index (χ4n) is 4.33. The molecule has 0 N–H and O–H groups in total. The molecule has 3 aromatic rings. The van der Waals surface area contributed by atoms with Crippen LogP contribution in [0.2, 0.25) is 5.02 Å². The molecule has 2 saturated heterocycles. The lowest BCUT2D eigenvalue weighted by molar-refractivity contribution is -0.384. The van der Waals surface area contributed by atoms with Crippen LogP contribution in [0.1, 0.15) is 17.2 Å². The van der Waals surface area contributed by atoms with Crippen LogP contribution in [0.25, 0.3) is 0 Å². The van der Waals surface area contributed by atoms with Crippen LogP contribution in [0.4, 0.5) is 17.1 Å². The van der Waals surface area contributed by atoms with Crippen LogP contribution in [-0.4, -0.2) is 22.8 Å². The SMILES string of the molecule is Cc1ccc([C@H]2[C@@H]3C(=O)N(c4ccc(Cl)cc4)C(=O)[C@H]3ON2c2cccc([N+](=O)[O-])c2)cc1. The van der Waals surface area contributed by atoms with Crippen molar-refractivity contribution in [1.29, 1.82) is 0 Å². The fourth-order valence-corrected chi connectivity index (χ4v) is 4.46. The molecule has 0 unspecified atom stereocenters. The monoisotopic (exact) mass is 463 g/mol. The maximum atomic E-state index is 13.5. The molecular formula is C24H18ClN3O5. The van der Waals surface area contributed by atoms with Crippen molar-refractivity contribution in [2.75, 3.05) is 9.96 Å². The van der Waals surface area contributed by atoms with Gasteiger partial charge in [0.1, 0.15) is 5.92 Å². The van der Waals surface area contributed by atoms with Gasteiger partial charge in [-0.2, -0.15) is 0 Å². The Labute approximate surface area is 194 Å². The van der Waals surface area contributed by atoms with Crippen molar-refractivity contribution < 1.29 is 19.3 Å². The molecule has 3 aromatic carbocycles. The van der Waals surface area contributed by atoms with Crippen LogP contribution < -0.4 is 9.96 Å². The van der Waals surface area contributed by atoms with Crippen molar-refractivity contribution in [2.45, 2.75) is 19.1 Å². The van der Waals surface area contributed by atoms with E-state index < -0.39 is 34.8 Å². The highest BCUT2D eigenvalue weighted by Crippen LogP contribution is 2.48. The minimum atomic E-state index is -1.06. The van der Waals surface area contributed by atoms with Crippen molar-refractivity contribution >= 4 is 40.5 Å². The maximum Gasteiger partial charge on any atom is 0.271 e. The summed E-state index contributed by atoms with van der Waals surface area (Å²) in [6.45, 7) is 1.95. The van der Waals surface area contributed by atoms with E-state index in [4.69, 9.17) is 16.4 Å². The van der Waals surface area contributed by atoms with Crippen molar-refractivity contribution in [2.24, 2.45) is 5.92 Å². The molecule has 2 fully saturated rings. The summed E-state index contributed by atoms with van der Waals surface area (Å²) in [7, 11) is 0. The summed E-state index contributed by atoms with van der Waals surface area (Å²) in [5.41, 5.74) is 2.49. The van der Waals surface area contributed by atoms with Gasteiger partial charge in [-0.05, 0) is 42.8 Å². The van der Waals surface area contributed by atoms with Crippen molar-refractivity contribution in [1.82, 2.24) is 0 Å². The van der Waals surface area contributed by atoms with E-state index in [9.17, 15) is 19.7 Å². The van der Waals surface area contributed by atoms with Gasteiger partial charge in [-0.15, -0.1) is 0 Å².